The second kappa shape index (κ2) is 4.67. The van der Waals surface area contributed by atoms with Crippen LogP contribution in [0.4, 0.5) is 13.2 Å². The van der Waals surface area contributed by atoms with Crippen molar-refractivity contribution in [3.8, 4) is 0 Å². The summed E-state index contributed by atoms with van der Waals surface area (Å²) in [6.45, 7) is 3.23. The number of methoxy groups -OCH3 is 1. The van der Waals surface area contributed by atoms with E-state index in [1.54, 1.807) is 13.8 Å². The average molecular weight is 315 g/mol. The number of hydrogen-bond donors (Lipinski definition) is 0. The standard InChI is InChI=1S/C9H10BrF3N2O2/c1-4(2)15-6(8(16)17-3)5(10)7(14-15)9(11,12)13/h4H,1-3H3. The van der Waals surface area contributed by atoms with Gasteiger partial charge < -0.3 is 4.74 Å². The second-order valence-electron chi connectivity index (χ2n) is 3.54. The molecule has 0 fully saturated rings. The first kappa shape index (κ1) is 14.0. The molecule has 4 nitrogen and oxygen atoms in total. The van der Waals surface area contributed by atoms with E-state index in [1.807, 2.05) is 0 Å². The van der Waals surface area contributed by atoms with Gasteiger partial charge in [0, 0.05) is 6.04 Å². The topological polar surface area (TPSA) is 44.1 Å². The maximum Gasteiger partial charge on any atom is 0.436 e. The molecule has 0 aliphatic rings. The van der Waals surface area contributed by atoms with Crippen molar-refractivity contribution in [2.24, 2.45) is 0 Å². The molecule has 1 heterocycles. The fraction of sp³-hybridized carbons (Fsp3) is 0.556. The summed E-state index contributed by atoms with van der Waals surface area (Å²) >= 11 is 2.74. The van der Waals surface area contributed by atoms with Gasteiger partial charge in [-0.25, -0.2) is 4.79 Å². The Labute approximate surface area is 104 Å². The zero-order valence-electron chi connectivity index (χ0n) is 9.30. The lowest BCUT2D eigenvalue weighted by Crippen LogP contribution is -2.14. The van der Waals surface area contributed by atoms with Crippen LogP contribution < -0.4 is 0 Å². The molecule has 1 aromatic rings. The van der Waals surface area contributed by atoms with Gasteiger partial charge in [-0.1, -0.05) is 0 Å². The first-order valence-electron chi connectivity index (χ1n) is 4.63. The Morgan fingerprint density at radius 3 is 2.35 bits per heavy atom. The Morgan fingerprint density at radius 1 is 1.47 bits per heavy atom. The van der Waals surface area contributed by atoms with Crippen LogP contribution >= 0.6 is 15.9 Å². The molecule has 8 heteroatoms. The average Bonchev–Trinajstić information content (AvgIpc) is 2.54. The largest absolute Gasteiger partial charge is 0.464 e. The molecule has 0 aliphatic heterocycles. The highest BCUT2D eigenvalue weighted by atomic mass is 79.9. The molecule has 0 N–H and O–H groups in total. The Balaban J connectivity index is 3.46. The van der Waals surface area contributed by atoms with Crippen molar-refractivity contribution in [3.05, 3.63) is 15.9 Å². The predicted octanol–water partition coefficient (Wildman–Crippen LogP) is 3.03. The highest BCUT2D eigenvalue weighted by Crippen LogP contribution is 2.36. The van der Waals surface area contributed by atoms with Gasteiger partial charge in [0.05, 0.1) is 11.6 Å². The van der Waals surface area contributed by atoms with E-state index in [4.69, 9.17) is 0 Å². The molecule has 0 saturated heterocycles. The van der Waals surface area contributed by atoms with Gasteiger partial charge in [-0.2, -0.15) is 18.3 Å². The molecule has 0 aliphatic carbocycles. The van der Waals surface area contributed by atoms with E-state index in [1.165, 1.54) is 0 Å². The number of carbonyl (C=O) groups excluding carboxylic acids is 1. The first-order valence-corrected chi connectivity index (χ1v) is 5.43. The molecule has 1 aromatic heterocycles. The summed E-state index contributed by atoms with van der Waals surface area (Å²) < 4.78 is 42.9. The summed E-state index contributed by atoms with van der Waals surface area (Å²) in [6, 6.07) is -0.392. The number of halogens is 4. The Bertz CT molecular complexity index is 440. The monoisotopic (exact) mass is 314 g/mol. The highest BCUT2D eigenvalue weighted by Gasteiger charge is 2.40. The molecular weight excluding hydrogens is 305 g/mol. The number of hydrogen-bond acceptors (Lipinski definition) is 3. The van der Waals surface area contributed by atoms with Crippen molar-refractivity contribution < 1.29 is 22.7 Å². The molecule has 17 heavy (non-hydrogen) atoms. The second-order valence-corrected chi connectivity index (χ2v) is 4.33. The van der Waals surface area contributed by atoms with Gasteiger partial charge in [0.25, 0.3) is 0 Å². The molecule has 96 valence electrons. The third-order valence-electron chi connectivity index (χ3n) is 1.99. The molecule has 0 bridgehead atoms. The van der Waals surface area contributed by atoms with Crippen LogP contribution in [0.1, 0.15) is 36.1 Å². The zero-order valence-corrected chi connectivity index (χ0v) is 10.9. The van der Waals surface area contributed by atoms with Crippen molar-refractivity contribution in [2.45, 2.75) is 26.1 Å². The first-order chi connectivity index (χ1) is 7.70. The number of alkyl halides is 3. The summed E-state index contributed by atoms with van der Waals surface area (Å²) in [6.07, 6.45) is -4.62. The zero-order chi connectivity index (χ0) is 13.4. The lowest BCUT2D eigenvalue weighted by Gasteiger charge is -2.09. The predicted molar refractivity (Wildman–Crippen MR) is 56.7 cm³/mol. The van der Waals surface area contributed by atoms with Crippen molar-refractivity contribution >= 4 is 21.9 Å². The van der Waals surface area contributed by atoms with Crippen LogP contribution in [0.5, 0.6) is 0 Å². The Morgan fingerprint density at radius 2 is 2.00 bits per heavy atom. The molecular formula is C9H10BrF3N2O2. The summed E-state index contributed by atoms with van der Waals surface area (Å²) in [7, 11) is 1.10. The summed E-state index contributed by atoms with van der Waals surface area (Å²) in [4.78, 5) is 11.4. The van der Waals surface area contributed by atoms with Crippen molar-refractivity contribution in [1.29, 1.82) is 0 Å². The lowest BCUT2D eigenvalue weighted by molar-refractivity contribution is -0.142. The quantitative estimate of drug-likeness (QED) is 0.788. The van der Waals surface area contributed by atoms with E-state index < -0.39 is 28.4 Å². The van der Waals surface area contributed by atoms with Crippen LogP contribution in [0.2, 0.25) is 0 Å². The van der Waals surface area contributed by atoms with Gasteiger partial charge >= 0.3 is 12.1 Å². The normalized spacial score (nSPS) is 12.0. The minimum atomic E-state index is -4.62. The Hall–Kier alpha value is -1.05. The van der Waals surface area contributed by atoms with E-state index >= 15 is 0 Å². The molecule has 0 amide bonds. The number of nitrogens with zero attached hydrogens (tertiary/aromatic N) is 2. The van der Waals surface area contributed by atoms with Gasteiger partial charge in [0.2, 0.25) is 0 Å². The third kappa shape index (κ3) is 2.62. The SMILES string of the molecule is COC(=O)c1c(Br)c(C(F)(F)F)nn1C(C)C. The number of esters is 1. The molecule has 0 aromatic carbocycles. The highest BCUT2D eigenvalue weighted by molar-refractivity contribution is 9.10. The fourth-order valence-corrected chi connectivity index (χ4v) is 1.90. The van der Waals surface area contributed by atoms with Gasteiger partial charge in [0.1, 0.15) is 0 Å². The van der Waals surface area contributed by atoms with E-state index in [9.17, 15) is 18.0 Å². The van der Waals surface area contributed by atoms with Crippen molar-refractivity contribution in [2.75, 3.05) is 7.11 Å². The van der Waals surface area contributed by atoms with Crippen molar-refractivity contribution in [1.82, 2.24) is 9.78 Å². The summed E-state index contributed by atoms with van der Waals surface area (Å²) in [5.41, 5.74) is -1.37. The third-order valence-corrected chi connectivity index (χ3v) is 2.74. The van der Waals surface area contributed by atoms with Crippen LogP contribution in [-0.2, 0) is 10.9 Å². The summed E-state index contributed by atoms with van der Waals surface area (Å²) in [5, 5.41) is 3.39. The molecule has 0 radical (unpaired) electrons. The van der Waals surface area contributed by atoms with Crippen LogP contribution in [-0.4, -0.2) is 22.9 Å². The number of carbonyl (C=O) groups is 1. The van der Waals surface area contributed by atoms with Crippen LogP contribution in [0.15, 0.2) is 4.47 Å². The maximum absolute atomic E-state index is 12.6. The van der Waals surface area contributed by atoms with E-state index in [0.717, 1.165) is 11.8 Å². The number of rotatable bonds is 2. The van der Waals surface area contributed by atoms with Crippen LogP contribution in [0.3, 0.4) is 0 Å². The molecule has 0 unspecified atom stereocenters. The van der Waals surface area contributed by atoms with Gasteiger partial charge in [0.15, 0.2) is 11.4 Å². The smallest absolute Gasteiger partial charge is 0.436 e. The van der Waals surface area contributed by atoms with E-state index in [-0.39, 0.29) is 5.69 Å². The Kier molecular flexibility index (Phi) is 3.85. The lowest BCUT2D eigenvalue weighted by atomic mass is 10.3. The van der Waals surface area contributed by atoms with Crippen LogP contribution in [0, 0.1) is 0 Å². The number of aromatic nitrogens is 2. The van der Waals surface area contributed by atoms with E-state index in [0.29, 0.717) is 0 Å². The van der Waals surface area contributed by atoms with Crippen LogP contribution in [0.25, 0.3) is 0 Å². The number of ether oxygens (including phenoxy) is 1. The molecule has 0 atom stereocenters. The summed E-state index contributed by atoms with van der Waals surface area (Å²) in [5.74, 6) is -0.867. The molecule has 1 rings (SSSR count). The van der Waals surface area contributed by atoms with Gasteiger partial charge in [-0.15, -0.1) is 0 Å². The minimum Gasteiger partial charge on any atom is -0.464 e. The van der Waals surface area contributed by atoms with Gasteiger partial charge in [-0.3, -0.25) is 4.68 Å². The fourth-order valence-electron chi connectivity index (χ4n) is 1.25. The van der Waals surface area contributed by atoms with E-state index in [2.05, 4.69) is 25.8 Å². The molecule has 0 spiro atoms. The maximum atomic E-state index is 12.6. The molecule has 0 saturated carbocycles. The van der Waals surface area contributed by atoms with Gasteiger partial charge in [-0.05, 0) is 29.8 Å². The minimum absolute atomic E-state index is 0.241. The van der Waals surface area contributed by atoms with Crippen molar-refractivity contribution in [3.63, 3.8) is 0 Å².